The van der Waals surface area contributed by atoms with Crippen molar-refractivity contribution in [1.82, 2.24) is 14.9 Å². The Labute approximate surface area is 133 Å². The van der Waals surface area contributed by atoms with Crippen LogP contribution >= 0.6 is 22.9 Å². The first-order valence-electron chi connectivity index (χ1n) is 6.99. The zero-order chi connectivity index (χ0) is 15.0. The van der Waals surface area contributed by atoms with Crippen LogP contribution in [0.5, 0.6) is 0 Å². The number of rotatable bonds is 4. The van der Waals surface area contributed by atoms with Crippen molar-refractivity contribution in [3.8, 4) is 0 Å². The summed E-state index contributed by atoms with van der Waals surface area (Å²) in [5, 5.41) is 3.60. The lowest BCUT2D eigenvalue weighted by Crippen LogP contribution is -2.24. The van der Waals surface area contributed by atoms with Crippen LogP contribution in [0.3, 0.4) is 0 Å². The largest absolute Gasteiger partial charge is 0.330 e. The summed E-state index contributed by atoms with van der Waals surface area (Å²) in [6.45, 7) is 4.30. The molecule has 0 spiro atoms. The molecule has 2 unspecified atom stereocenters. The van der Waals surface area contributed by atoms with Crippen LogP contribution in [0.25, 0.3) is 11.0 Å². The maximum atomic E-state index is 6.01. The molecule has 2 aromatic heterocycles. The van der Waals surface area contributed by atoms with E-state index in [1.807, 2.05) is 24.3 Å². The topological polar surface area (TPSA) is 29.9 Å². The number of nitrogens with one attached hydrogen (secondary N) is 1. The maximum Gasteiger partial charge on any atom is 0.126 e. The molecular weight excluding hydrogens is 302 g/mol. The van der Waals surface area contributed by atoms with Gasteiger partial charge >= 0.3 is 0 Å². The van der Waals surface area contributed by atoms with Gasteiger partial charge in [0, 0.05) is 18.0 Å². The highest BCUT2D eigenvalue weighted by Crippen LogP contribution is 2.28. The summed E-state index contributed by atoms with van der Waals surface area (Å²) in [6.07, 6.45) is 0. The fourth-order valence-corrected chi connectivity index (χ4v) is 3.72. The van der Waals surface area contributed by atoms with Gasteiger partial charge in [-0.05, 0) is 38.1 Å². The summed E-state index contributed by atoms with van der Waals surface area (Å²) < 4.78 is 2.98. The minimum atomic E-state index is 0.165. The fraction of sp³-hybridized carbons (Fsp3) is 0.312. The molecule has 0 saturated carbocycles. The second-order valence-corrected chi connectivity index (χ2v) is 7.02. The van der Waals surface area contributed by atoms with E-state index in [0.717, 1.165) is 21.2 Å². The van der Waals surface area contributed by atoms with Gasteiger partial charge in [0.15, 0.2) is 0 Å². The van der Waals surface area contributed by atoms with Gasteiger partial charge in [0.1, 0.15) is 5.82 Å². The lowest BCUT2D eigenvalue weighted by Gasteiger charge is -2.19. The summed E-state index contributed by atoms with van der Waals surface area (Å²) in [5.41, 5.74) is 2.20. The van der Waals surface area contributed by atoms with E-state index >= 15 is 0 Å². The van der Waals surface area contributed by atoms with Crippen LogP contribution in [0.15, 0.2) is 36.4 Å². The van der Waals surface area contributed by atoms with Gasteiger partial charge in [0.2, 0.25) is 0 Å². The summed E-state index contributed by atoms with van der Waals surface area (Å²) in [5.74, 6) is 1.05. The maximum absolute atomic E-state index is 6.01. The molecule has 1 aromatic carbocycles. The van der Waals surface area contributed by atoms with E-state index in [-0.39, 0.29) is 12.1 Å². The zero-order valence-corrected chi connectivity index (χ0v) is 13.9. The molecule has 3 aromatic rings. The average molecular weight is 320 g/mol. The van der Waals surface area contributed by atoms with Crippen LogP contribution in [0, 0.1) is 0 Å². The number of thiophene rings is 1. The fourth-order valence-electron chi connectivity index (χ4n) is 2.64. The number of halogens is 1. The van der Waals surface area contributed by atoms with Crippen LogP contribution in [0.4, 0.5) is 0 Å². The Hall–Kier alpha value is -1.36. The standard InChI is InChI=1S/C16H18ClN3S/c1-10(14-8-9-15(17)21-14)18-11(2)16-19-12-6-4-5-7-13(12)20(16)3/h4-11,18H,1-3H3. The number of fused-ring (bicyclic) bond motifs is 1. The summed E-state index contributed by atoms with van der Waals surface area (Å²) in [4.78, 5) is 5.98. The molecule has 0 amide bonds. The number of hydrogen-bond acceptors (Lipinski definition) is 3. The van der Waals surface area contributed by atoms with E-state index in [9.17, 15) is 0 Å². The lowest BCUT2D eigenvalue weighted by molar-refractivity contribution is 0.473. The number of aryl methyl sites for hydroxylation is 1. The van der Waals surface area contributed by atoms with E-state index in [4.69, 9.17) is 16.6 Å². The molecule has 5 heteroatoms. The molecule has 0 fully saturated rings. The predicted molar refractivity (Wildman–Crippen MR) is 90.0 cm³/mol. The van der Waals surface area contributed by atoms with Crippen LogP contribution < -0.4 is 5.32 Å². The van der Waals surface area contributed by atoms with Crippen LogP contribution in [-0.4, -0.2) is 9.55 Å². The highest BCUT2D eigenvalue weighted by Gasteiger charge is 2.17. The molecule has 0 saturated heterocycles. The Morgan fingerprint density at radius 1 is 1.14 bits per heavy atom. The molecule has 0 aliphatic heterocycles. The van der Waals surface area contributed by atoms with Gasteiger partial charge in [-0.3, -0.25) is 0 Å². The summed E-state index contributed by atoms with van der Waals surface area (Å²) in [6, 6.07) is 12.6. The molecule has 2 heterocycles. The Balaban J connectivity index is 1.83. The van der Waals surface area contributed by atoms with Gasteiger partial charge in [0.05, 0.1) is 21.4 Å². The highest BCUT2D eigenvalue weighted by atomic mass is 35.5. The Morgan fingerprint density at radius 2 is 1.90 bits per heavy atom. The van der Waals surface area contributed by atoms with Gasteiger partial charge in [-0.25, -0.2) is 4.98 Å². The van der Waals surface area contributed by atoms with Gasteiger partial charge in [-0.1, -0.05) is 23.7 Å². The van der Waals surface area contributed by atoms with Crippen molar-refractivity contribution >= 4 is 34.0 Å². The zero-order valence-electron chi connectivity index (χ0n) is 12.3. The van der Waals surface area contributed by atoms with Crippen LogP contribution in [-0.2, 0) is 7.05 Å². The van der Waals surface area contributed by atoms with Crippen molar-refractivity contribution in [3.05, 3.63) is 51.4 Å². The van der Waals surface area contributed by atoms with Gasteiger partial charge in [-0.15, -0.1) is 11.3 Å². The first-order valence-corrected chi connectivity index (χ1v) is 8.18. The number of hydrogen-bond donors (Lipinski definition) is 1. The van der Waals surface area contributed by atoms with Crippen molar-refractivity contribution in [2.45, 2.75) is 25.9 Å². The third-order valence-electron chi connectivity index (χ3n) is 3.73. The molecular formula is C16H18ClN3S. The van der Waals surface area contributed by atoms with E-state index in [1.54, 1.807) is 11.3 Å². The molecule has 3 rings (SSSR count). The summed E-state index contributed by atoms with van der Waals surface area (Å²) >= 11 is 7.63. The van der Waals surface area contributed by atoms with E-state index in [2.05, 4.69) is 42.9 Å². The summed E-state index contributed by atoms with van der Waals surface area (Å²) in [7, 11) is 2.07. The molecule has 21 heavy (non-hydrogen) atoms. The molecule has 0 bridgehead atoms. The van der Waals surface area contributed by atoms with E-state index in [0.29, 0.717) is 0 Å². The minimum absolute atomic E-state index is 0.165. The quantitative estimate of drug-likeness (QED) is 0.755. The van der Waals surface area contributed by atoms with Crippen molar-refractivity contribution in [1.29, 1.82) is 0 Å². The Kier molecular flexibility index (Phi) is 4.02. The predicted octanol–water partition coefficient (Wildman–Crippen LogP) is 4.70. The number of para-hydroxylation sites is 2. The number of benzene rings is 1. The Bertz CT molecular complexity index is 762. The monoisotopic (exact) mass is 319 g/mol. The van der Waals surface area contributed by atoms with Gasteiger partial charge in [0.25, 0.3) is 0 Å². The molecule has 0 radical (unpaired) electrons. The molecule has 1 N–H and O–H groups in total. The second kappa shape index (κ2) is 5.79. The highest BCUT2D eigenvalue weighted by molar-refractivity contribution is 7.16. The van der Waals surface area contributed by atoms with Gasteiger partial charge in [-0.2, -0.15) is 0 Å². The average Bonchev–Trinajstić information content (AvgIpc) is 3.04. The van der Waals surface area contributed by atoms with Crippen molar-refractivity contribution in [2.24, 2.45) is 7.05 Å². The Morgan fingerprint density at radius 3 is 2.57 bits per heavy atom. The third-order valence-corrected chi connectivity index (χ3v) is 5.14. The number of imidazole rings is 1. The normalized spacial score (nSPS) is 14.5. The number of nitrogens with zero attached hydrogens (tertiary/aromatic N) is 2. The van der Waals surface area contributed by atoms with Crippen molar-refractivity contribution < 1.29 is 0 Å². The van der Waals surface area contributed by atoms with E-state index < -0.39 is 0 Å². The lowest BCUT2D eigenvalue weighted by atomic mass is 10.2. The first-order chi connectivity index (χ1) is 10.1. The van der Waals surface area contributed by atoms with Crippen LogP contribution in [0.2, 0.25) is 4.34 Å². The smallest absolute Gasteiger partial charge is 0.126 e. The minimum Gasteiger partial charge on any atom is -0.330 e. The van der Waals surface area contributed by atoms with Crippen molar-refractivity contribution in [3.63, 3.8) is 0 Å². The van der Waals surface area contributed by atoms with Gasteiger partial charge < -0.3 is 9.88 Å². The SMILES string of the molecule is CC(NC(C)c1nc2ccccc2n1C)c1ccc(Cl)s1. The second-order valence-electron chi connectivity index (χ2n) is 5.27. The molecule has 2 atom stereocenters. The van der Waals surface area contributed by atoms with Crippen LogP contribution in [0.1, 0.15) is 36.6 Å². The molecule has 110 valence electrons. The number of aromatic nitrogens is 2. The third kappa shape index (κ3) is 2.84. The van der Waals surface area contributed by atoms with Crippen molar-refractivity contribution in [2.75, 3.05) is 0 Å². The molecule has 0 aliphatic rings. The van der Waals surface area contributed by atoms with E-state index in [1.165, 1.54) is 4.88 Å². The molecule has 3 nitrogen and oxygen atoms in total. The molecule has 0 aliphatic carbocycles. The first kappa shape index (κ1) is 14.6.